The Morgan fingerprint density at radius 1 is 0.444 bits per heavy atom. The normalized spacial score (nSPS) is 10.9. The summed E-state index contributed by atoms with van der Waals surface area (Å²) in [5.74, 6) is -0.741. The second-order valence-electron chi connectivity index (χ2n) is 28.4. The minimum absolute atomic E-state index is 0.0437. The maximum Gasteiger partial charge on any atom is 0.328 e. The molecule has 8 heterocycles. The maximum absolute atomic E-state index is 13.4. The number of H-pyrrole nitrogens is 4. The quantitative estimate of drug-likeness (QED) is 0.00575. The molecule has 0 saturated heterocycles. The molecule has 0 aliphatic heterocycles. The number of ether oxygens (including phenoxy) is 8. The number of nitrogens with zero attached hydrogens (tertiary/aromatic N) is 10. The molecule has 133 heavy (non-hydrogen) atoms. The van der Waals surface area contributed by atoms with E-state index in [1.165, 1.54) is 46.7 Å². The van der Waals surface area contributed by atoms with Crippen LogP contribution in [0.2, 0.25) is 0 Å². The van der Waals surface area contributed by atoms with E-state index in [1.807, 2.05) is 170 Å². The molecule has 16 rings (SSSR count). The minimum Gasteiger partial charge on any atom is -0.471 e. The summed E-state index contributed by atoms with van der Waals surface area (Å²) in [6.07, 6.45) is 0. The second kappa shape index (κ2) is 48.7. The number of esters is 1. The Morgan fingerprint density at radius 2 is 0.827 bits per heavy atom. The van der Waals surface area contributed by atoms with Gasteiger partial charge in [-0.05, 0) is 96.1 Å². The first-order valence-corrected chi connectivity index (χ1v) is 43.2. The SMILES string of the molecule is COC=O.COCCOc1nc(N)c2[nH]c(=O)n(Cc3ccc(C(=O)NCCOCCO)cc3)c2n1.COCCOc1nc(N)c2[nH]c(=O)n(Cc3ccc(C(=O)NCCOCCOC(C)=O)cc3)c2n1.O=C(CSc1nc2c([nH]c3ccccc32)c(=O)n1-c1ccccc1)Nc1ccccc1.O=C(CSc1nc2c([nH]c3ccccc32)c(=O)n1-c1ccccc1)Nc1ccccc1. The van der Waals surface area contributed by atoms with Crippen molar-refractivity contribution in [3.05, 3.63) is 282 Å². The number of carbonyl (C=O) groups excluding carboxylic acids is 6. The lowest BCUT2D eigenvalue weighted by molar-refractivity contribution is -0.142. The molecule has 0 saturated carbocycles. The van der Waals surface area contributed by atoms with E-state index in [-0.39, 0.29) is 141 Å². The van der Waals surface area contributed by atoms with Crippen LogP contribution in [0.3, 0.4) is 0 Å². The number of para-hydroxylation sites is 6. The molecule has 0 aliphatic rings. The fourth-order valence-corrected chi connectivity index (χ4v) is 14.6. The van der Waals surface area contributed by atoms with Crippen LogP contribution < -0.4 is 64.7 Å². The summed E-state index contributed by atoms with van der Waals surface area (Å²) in [4.78, 5) is 159. The van der Waals surface area contributed by atoms with Crippen LogP contribution in [0.15, 0.2) is 248 Å². The molecule has 41 heteroatoms. The number of aliphatic hydroxyl groups is 1. The fourth-order valence-electron chi connectivity index (χ4n) is 13.0. The number of fused-ring (bicyclic) bond motifs is 8. The van der Waals surface area contributed by atoms with Gasteiger partial charge in [-0.25, -0.2) is 19.6 Å². The summed E-state index contributed by atoms with van der Waals surface area (Å²) in [6.45, 7) is 5.15. The molecule has 16 aromatic rings. The van der Waals surface area contributed by atoms with Gasteiger partial charge >= 0.3 is 29.4 Å². The molecular formula is C92H94N20O19S2. The lowest BCUT2D eigenvalue weighted by atomic mass is 10.1. The van der Waals surface area contributed by atoms with Gasteiger partial charge < -0.3 is 95.7 Å². The zero-order chi connectivity index (χ0) is 94.0. The first-order valence-electron chi connectivity index (χ1n) is 41.2. The number of methoxy groups -OCH3 is 3. The molecular weight excluding hydrogens is 1750 g/mol. The summed E-state index contributed by atoms with van der Waals surface area (Å²) >= 11 is 2.47. The van der Waals surface area contributed by atoms with E-state index < -0.39 is 5.69 Å². The molecule has 688 valence electrons. The van der Waals surface area contributed by atoms with E-state index in [9.17, 15) is 43.2 Å². The Balaban J connectivity index is 0.000000158. The van der Waals surface area contributed by atoms with Gasteiger partial charge in [0.1, 0.15) is 52.9 Å². The molecule has 0 unspecified atom stereocenters. The maximum atomic E-state index is 13.4. The van der Waals surface area contributed by atoms with Gasteiger partial charge in [0.2, 0.25) is 11.8 Å². The zero-order valence-electron chi connectivity index (χ0n) is 72.4. The van der Waals surface area contributed by atoms with Gasteiger partial charge in [0.25, 0.3) is 29.4 Å². The Labute approximate surface area is 765 Å². The van der Waals surface area contributed by atoms with Crippen LogP contribution in [0.5, 0.6) is 12.0 Å². The Bertz CT molecular complexity index is 6680. The van der Waals surface area contributed by atoms with E-state index in [1.54, 1.807) is 71.9 Å². The highest BCUT2D eigenvalue weighted by Gasteiger charge is 2.23. The van der Waals surface area contributed by atoms with Crippen LogP contribution in [-0.2, 0) is 60.7 Å². The van der Waals surface area contributed by atoms with Gasteiger partial charge in [-0.1, -0.05) is 157 Å². The van der Waals surface area contributed by atoms with Gasteiger partial charge in [-0.15, -0.1) is 0 Å². The van der Waals surface area contributed by atoms with Crippen molar-refractivity contribution in [2.75, 3.05) is 134 Å². The number of aromatic amines is 4. The molecule has 8 aromatic heterocycles. The topological polar surface area (TPSA) is 525 Å². The predicted octanol–water partition coefficient (Wildman–Crippen LogP) is 8.58. The van der Waals surface area contributed by atoms with Crippen LogP contribution in [0.1, 0.15) is 38.8 Å². The summed E-state index contributed by atoms with van der Waals surface area (Å²) in [6, 6.07) is 66.4. The first-order chi connectivity index (χ1) is 64.7. The number of nitrogen functional groups attached to an aromatic ring is 2. The average Bonchev–Trinajstić information content (AvgIpc) is 1.61. The zero-order valence-corrected chi connectivity index (χ0v) is 74.0. The number of hydrogen-bond donors (Lipinski definition) is 11. The van der Waals surface area contributed by atoms with Gasteiger partial charge in [-0.3, -0.25) is 56.6 Å². The lowest BCUT2D eigenvalue weighted by Gasteiger charge is -2.12. The number of anilines is 4. The standard InChI is InChI=1S/2C24H18N4O2S.C22H28N6O7.C20H26N6O6.C2H4O2/c2*29-20(25-16-9-3-1-4-10-16)15-31-24-27-21-18-13-7-8-14-19(18)26-22(21)23(30)28(24)17-11-5-2-6-12-17;1-14(29)34-12-10-33-8-7-24-20(30)16-5-3-15(4-6-16)13-28-19-17(25-22(28)31)18(23)26-21(27-19)35-11-9-32-2;1-30-10-11-32-19-24-16(21)15-17(25-19)26(20(29)23-15)12-13-2-4-14(5-3-13)18(28)22-6-8-31-9-7-27;1-4-2-3/h2*1-14,26H,15H2,(H,25,29);3-6H,7-13H2,1-2H3,(H,24,30)(H,25,31)(H2,23,26,27);2-5,27H,6-12H2,1H3,(H,22,28)(H,23,29)(H2,21,24,25);2H,1H3. The average molecular weight is 1850 g/mol. The van der Waals surface area contributed by atoms with Gasteiger partial charge in [-0.2, -0.15) is 19.9 Å². The predicted molar refractivity (Wildman–Crippen MR) is 504 cm³/mol. The van der Waals surface area contributed by atoms with Crippen molar-refractivity contribution in [2.45, 2.75) is 30.3 Å². The van der Waals surface area contributed by atoms with Crippen molar-refractivity contribution in [1.82, 2.24) is 78.7 Å². The van der Waals surface area contributed by atoms with Crippen LogP contribution in [0.4, 0.5) is 23.0 Å². The van der Waals surface area contributed by atoms with E-state index in [0.29, 0.717) is 117 Å². The number of carbonyl (C=O) groups is 6. The molecule has 0 bridgehead atoms. The molecule has 0 radical (unpaired) electrons. The smallest absolute Gasteiger partial charge is 0.328 e. The number of benzene rings is 8. The molecule has 0 aliphatic carbocycles. The van der Waals surface area contributed by atoms with Crippen LogP contribution in [-0.4, -0.2) is 221 Å². The van der Waals surface area contributed by atoms with E-state index in [2.05, 4.69) is 65.9 Å². The number of amides is 4. The van der Waals surface area contributed by atoms with Crippen LogP contribution >= 0.6 is 23.5 Å². The van der Waals surface area contributed by atoms with Gasteiger partial charge in [0.05, 0.1) is 89.3 Å². The molecule has 13 N–H and O–H groups in total. The summed E-state index contributed by atoms with van der Waals surface area (Å²) < 4.78 is 45.7. The highest BCUT2D eigenvalue weighted by molar-refractivity contribution is 8.00. The Hall–Kier alpha value is -15.7. The summed E-state index contributed by atoms with van der Waals surface area (Å²) in [5.41, 5.74) is 21.2. The van der Waals surface area contributed by atoms with Crippen molar-refractivity contribution in [1.29, 1.82) is 0 Å². The number of thioether (sulfide) groups is 2. The summed E-state index contributed by atoms with van der Waals surface area (Å²) in [7, 11) is 4.41. The first kappa shape index (κ1) is 96.4. The number of nitrogens with one attached hydrogen (secondary N) is 8. The number of aromatic nitrogens is 14. The monoisotopic (exact) mass is 1850 g/mol. The Kier molecular flexibility index (Phi) is 35.3. The molecule has 39 nitrogen and oxygen atoms in total. The lowest BCUT2D eigenvalue weighted by Crippen LogP contribution is -2.27. The van der Waals surface area contributed by atoms with Crippen molar-refractivity contribution in [3.8, 4) is 23.4 Å². The third-order valence-electron chi connectivity index (χ3n) is 19.1. The number of imidazole rings is 2. The Morgan fingerprint density at radius 3 is 1.21 bits per heavy atom. The molecule has 8 aromatic carbocycles. The molecule has 4 amide bonds. The van der Waals surface area contributed by atoms with Crippen molar-refractivity contribution < 1.29 is 71.8 Å². The van der Waals surface area contributed by atoms with Crippen molar-refractivity contribution >= 4 is 149 Å². The van der Waals surface area contributed by atoms with Crippen molar-refractivity contribution in [2.24, 2.45) is 0 Å². The van der Waals surface area contributed by atoms with Crippen LogP contribution in [0.25, 0.3) is 77.6 Å². The third-order valence-corrected chi connectivity index (χ3v) is 21.0. The summed E-state index contributed by atoms with van der Waals surface area (Å²) in [5, 5.41) is 22.6. The molecule has 0 spiro atoms. The second-order valence-corrected chi connectivity index (χ2v) is 30.2. The number of rotatable bonds is 36. The third kappa shape index (κ3) is 26.3. The highest BCUT2D eigenvalue weighted by atomic mass is 32.2. The minimum atomic E-state index is -0.398. The van der Waals surface area contributed by atoms with E-state index in [0.717, 1.165) is 44.3 Å². The number of aliphatic hydroxyl groups excluding tert-OH is 1. The van der Waals surface area contributed by atoms with E-state index in [4.69, 9.17) is 64.5 Å². The highest BCUT2D eigenvalue weighted by Crippen LogP contribution is 2.30. The van der Waals surface area contributed by atoms with Gasteiger partial charge in [0.15, 0.2) is 33.2 Å². The molecule has 0 fully saturated rings. The number of hydrogen-bond acceptors (Lipinski definition) is 29. The van der Waals surface area contributed by atoms with E-state index >= 15 is 0 Å². The molecule has 0 atom stereocenters. The largest absolute Gasteiger partial charge is 0.471 e. The van der Waals surface area contributed by atoms with Gasteiger partial charge in [0, 0.05) is 78.5 Å². The van der Waals surface area contributed by atoms with Crippen molar-refractivity contribution in [3.63, 3.8) is 0 Å². The number of nitrogens with two attached hydrogens (primary N) is 2. The van der Waals surface area contributed by atoms with Crippen LogP contribution in [0, 0.1) is 0 Å². The fraction of sp³-hybridized carbons (Fsp3) is 0.217.